The van der Waals surface area contributed by atoms with Gasteiger partial charge in [0.1, 0.15) is 25.7 Å². The van der Waals surface area contributed by atoms with Gasteiger partial charge < -0.3 is 22.0 Å². The van der Waals surface area contributed by atoms with Crippen molar-refractivity contribution in [1.82, 2.24) is 0 Å². The molecule has 2 aromatic carbocycles. The number of hydrogen-bond acceptors (Lipinski definition) is 1. The molecule has 0 saturated carbocycles. The molecule has 136 valence electrons. The van der Waals surface area contributed by atoms with Gasteiger partial charge in [-0.05, 0) is 13.3 Å². The molecule has 2 nitrogen and oxygen atoms in total. The number of hydrogen-bond donors (Lipinski definition) is 1. The summed E-state index contributed by atoms with van der Waals surface area (Å²) in [6.07, 6.45) is 3.18. The third-order valence-corrected chi connectivity index (χ3v) is 5.83. The van der Waals surface area contributed by atoms with Crippen LogP contribution in [0.1, 0.15) is 44.2 Å². The molecule has 0 unspecified atom stereocenters. The van der Waals surface area contributed by atoms with Crippen LogP contribution in [0.15, 0.2) is 60.7 Å². The van der Waals surface area contributed by atoms with Gasteiger partial charge in [-0.1, -0.05) is 80.4 Å². The van der Waals surface area contributed by atoms with E-state index in [4.69, 9.17) is 0 Å². The molecule has 0 aliphatic carbocycles. The molecule has 1 heterocycles. The maximum atomic E-state index is 11.1. The van der Waals surface area contributed by atoms with Crippen LogP contribution in [-0.4, -0.2) is 27.8 Å². The highest BCUT2D eigenvalue weighted by Crippen LogP contribution is 2.43. The van der Waals surface area contributed by atoms with Gasteiger partial charge in [-0.2, -0.15) is 0 Å². The Bertz CT molecular complexity index is 604. The number of quaternary nitrogens is 1. The van der Waals surface area contributed by atoms with E-state index in [9.17, 15) is 5.11 Å². The third-order valence-electron chi connectivity index (χ3n) is 5.83. The Morgan fingerprint density at radius 3 is 1.84 bits per heavy atom. The average molecular weight is 360 g/mol. The fourth-order valence-electron chi connectivity index (χ4n) is 4.32. The molecule has 1 N–H and O–H groups in total. The molecule has 0 amide bonds. The van der Waals surface area contributed by atoms with Gasteiger partial charge in [0, 0.05) is 11.1 Å². The van der Waals surface area contributed by atoms with Crippen LogP contribution in [0.4, 0.5) is 0 Å². The lowest BCUT2D eigenvalue weighted by Crippen LogP contribution is -3.00. The Hall–Kier alpha value is -1.35. The molecule has 1 saturated heterocycles. The van der Waals surface area contributed by atoms with E-state index in [1.807, 2.05) is 0 Å². The van der Waals surface area contributed by atoms with E-state index in [2.05, 4.69) is 74.5 Å². The van der Waals surface area contributed by atoms with E-state index in [1.165, 1.54) is 11.1 Å². The molecule has 25 heavy (non-hydrogen) atoms. The minimum atomic E-state index is -0.500. The van der Waals surface area contributed by atoms with Gasteiger partial charge in [-0.3, -0.25) is 0 Å². The Kier molecular flexibility index (Phi) is 6.67. The van der Waals surface area contributed by atoms with Crippen molar-refractivity contribution in [1.29, 1.82) is 0 Å². The van der Waals surface area contributed by atoms with E-state index in [0.29, 0.717) is 0 Å². The number of rotatable bonds is 7. The Balaban J connectivity index is 0.00000225. The monoisotopic (exact) mass is 359 g/mol. The van der Waals surface area contributed by atoms with Gasteiger partial charge in [-0.15, -0.1) is 0 Å². The van der Waals surface area contributed by atoms with E-state index in [-0.39, 0.29) is 18.4 Å². The minimum absolute atomic E-state index is 0. The van der Waals surface area contributed by atoms with Crippen LogP contribution in [0, 0.1) is 0 Å². The molecule has 1 aliphatic rings. The summed E-state index contributed by atoms with van der Waals surface area (Å²) < 4.78 is 0.953. The van der Waals surface area contributed by atoms with Crippen molar-refractivity contribution < 1.29 is 22.0 Å². The fourth-order valence-corrected chi connectivity index (χ4v) is 4.32. The highest BCUT2D eigenvalue weighted by Gasteiger charge is 2.61. The van der Waals surface area contributed by atoms with Crippen molar-refractivity contribution in [2.75, 3.05) is 6.54 Å². The number of benzene rings is 2. The lowest BCUT2D eigenvalue weighted by Gasteiger charge is -2.60. The second-order valence-corrected chi connectivity index (χ2v) is 7.55. The second kappa shape index (κ2) is 8.35. The van der Waals surface area contributed by atoms with Crippen LogP contribution < -0.4 is 12.4 Å². The van der Waals surface area contributed by atoms with Crippen molar-refractivity contribution in [3.63, 3.8) is 0 Å². The van der Waals surface area contributed by atoms with Crippen molar-refractivity contribution in [3.8, 4) is 0 Å². The van der Waals surface area contributed by atoms with Crippen molar-refractivity contribution in [2.45, 2.75) is 57.8 Å². The van der Waals surface area contributed by atoms with Crippen LogP contribution in [0.25, 0.3) is 0 Å². The smallest absolute Gasteiger partial charge is 0.165 e. The van der Waals surface area contributed by atoms with Gasteiger partial charge in [0.2, 0.25) is 0 Å². The summed E-state index contributed by atoms with van der Waals surface area (Å²) in [5.74, 6) is 0. The Morgan fingerprint density at radius 1 is 0.960 bits per heavy atom. The first-order chi connectivity index (χ1) is 11.6. The minimum Gasteiger partial charge on any atom is -1.00 e. The molecule has 3 heteroatoms. The normalized spacial score (nSPS) is 24.2. The van der Waals surface area contributed by atoms with Crippen LogP contribution in [0.5, 0.6) is 0 Å². The van der Waals surface area contributed by atoms with Crippen LogP contribution in [0.3, 0.4) is 0 Å². The third kappa shape index (κ3) is 4.25. The van der Waals surface area contributed by atoms with Crippen molar-refractivity contribution in [3.05, 3.63) is 71.8 Å². The molecule has 0 spiro atoms. The average Bonchev–Trinajstić information content (AvgIpc) is 2.61. The summed E-state index contributed by atoms with van der Waals surface area (Å²) in [6.45, 7) is 7.28. The fraction of sp³-hybridized carbons (Fsp3) is 0.455. The summed E-state index contributed by atoms with van der Waals surface area (Å²) in [4.78, 5) is 0. The molecule has 0 bridgehead atoms. The number of nitrogens with zero attached hydrogens (tertiary/aromatic N) is 1. The molecule has 2 aromatic rings. The summed E-state index contributed by atoms with van der Waals surface area (Å²) in [6, 6.07) is 21.7. The van der Waals surface area contributed by atoms with Gasteiger partial charge in [-0.25, -0.2) is 0 Å². The summed E-state index contributed by atoms with van der Waals surface area (Å²) in [5, 5.41) is 11.1. The largest absolute Gasteiger partial charge is 1.00 e. The predicted octanol–water partition coefficient (Wildman–Crippen LogP) is 1.53. The highest BCUT2D eigenvalue weighted by atomic mass is 35.5. The first kappa shape index (κ1) is 20.0. The van der Waals surface area contributed by atoms with Gasteiger partial charge in [0.05, 0.1) is 0 Å². The molecule has 1 fully saturated rings. The van der Waals surface area contributed by atoms with E-state index in [0.717, 1.165) is 43.4 Å². The standard InChI is InChI=1S/C22H30NO.ClH/c1-3-4-15-22(24)18-23(19(22)2,16-20-11-7-5-8-12-20)17-21-13-9-6-10-14-21;/h5-14,19,24H,3-4,15-18H2,1-2H3;1H/q+1;/p-1/t19-,22-;/m0./s1. The van der Waals surface area contributed by atoms with Crippen LogP contribution in [-0.2, 0) is 13.1 Å². The topological polar surface area (TPSA) is 20.2 Å². The van der Waals surface area contributed by atoms with E-state index in [1.54, 1.807) is 0 Å². The summed E-state index contributed by atoms with van der Waals surface area (Å²) in [5.41, 5.74) is 2.22. The van der Waals surface area contributed by atoms with Crippen molar-refractivity contribution >= 4 is 0 Å². The molecule has 0 radical (unpaired) electrons. The number of aliphatic hydroxyl groups is 1. The molecular weight excluding hydrogens is 330 g/mol. The zero-order chi connectivity index (χ0) is 17.0. The maximum absolute atomic E-state index is 11.1. The zero-order valence-electron chi connectivity index (χ0n) is 15.4. The van der Waals surface area contributed by atoms with Crippen LogP contribution >= 0.6 is 0 Å². The van der Waals surface area contributed by atoms with Gasteiger partial charge in [0.15, 0.2) is 5.60 Å². The first-order valence-electron chi connectivity index (χ1n) is 9.24. The molecular formula is C22H30ClNO. The Morgan fingerprint density at radius 2 is 1.44 bits per heavy atom. The summed E-state index contributed by atoms with van der Waals surface area (Å²) in [7, 11) is 0. The van der Waals surface area contributed by atoms with Gasteiger partial charge in [0.25, 0.3) is 0 Å². The number of halogens is 1. The SMILES string of the molecule is CCCC[C@]1(O)C[N+](Cc2ccccc2)(Cc2ccccc2)[C@H]1C.[Cl-]. The maximum Gasteiger partial charge on any atom is 0.165 e. The Labute approximate surface area is 158 Å². The van der Waals surface area contributed by atoms with Gasteiger partial charge >= 0.3 is 0 Å². The molecule has 0 aromatic heterocycles. The molecule has 3 rings (SSSR count). The van der Waals surface area contributed by atoms with Crippen LogP contribution in [0.2, 0.25) is 0 Å². The molecule has 1 aliphatic heterocycles. The lowest BCUT2D eigenvalue weighted by atomic mass is 9.76. The first-order valence-corrected chi connectivity index (χ1v) is 9.24. The van der Waals surface area contributed by atoms with E-state index >= 15 is 0 Å². The number of unbranched alkanes of at least 4 members (excludes halogenated alkanes) is 1. The quantitative estimate of drug-likeness (QED) is 0.743. The predicted molar refractivity (Wildman–Crippen MR) is 99.4 cm³/mol. The van der Waals surface area contributed by atoms with E-state index < -0.39 is 5.60 Å². The van der Waals surface area contributed by atoms with Crippen molar-refractivity contribution in [2.24, 2.45) is 0 Å². The lowest BCUT2D eigenvalue weighted by molar-refractivity contribution is -1.03. The number of likely N-dealkylation sites (tertiary alicyclic amines) is 1. The summed E-state index contributed by atoms with van der Waals surface area (Å²) >= 11 is 0. The zero-order valence-corrected chi connectivity index (χ0v) is 16.1. The second-order valence-electron chi connectivity index (χ2n) is 7.55. The highest BCUT2D eigenvalue weighted by molar-refractivity contribution is 5.16. The molecule has 2 atom stereocenters.